The van der Waals surface area contributed by atoms with Gasteiger partial charge in [-0.15, -0.1) is 0 Å². The van der Waals surface area contributed by atoms with Crippen LogP contribution >= 0.6 is 0 Å². The molecule has 21 heavy (non-hydrogen) atoms. The number of nitrogens with one attached hydrogen (secondary N) is 1. The fourth-order valence-electron chi connectivity index (χ4n) is 2.91. The Morgan fingerprint density at radius 1 is 1.29 bits per heavy atom. The van der Waals surface area contributed by atoms with E-state index in [9.17, 15) is 9.00 Å². The lowest BCUT2D eigenvalue weighted by Crippen LogP contribution is -2.41. The lowest BCUT2D eigenvalue weighted by molar-refractivity contribution is -0.130. The van der Waals surface area contributed by atoms with Crippen LogP contribution in [0.3, 0.4) is 0 Å². The summed E-state index contributed by atoms with van der Waals surface area (Å²) in [6.45, 7) is 0. The molecule has 1 aromatic carbocycles. The molecule has 1 unspecified atom stereocenters. The summed E-state index contributed by atoms with van der Waals surface area (Å²) in [4.78, 5) is 12.3. The molecular weight excluding hydrogens is 290 g/mol. The monoisotopic (exact) mass is 311 g/mol. The summed E-state index contributed by atoms with van der Waals surface area (Å²) in [5.41, 5.74) is 1.67. The van der Waals surface area contributed by atoms with Gasteiger partial charge in [0.15, 0.2) is 0 Å². The van der Waals surface area contributed by atoms with Gasteiger partial charge in [0.2, 0.25) is 5.91 Å². The van der Waals surface area contributed by atoms with Crippen LogP contribution in [0.5, 0.6) is 5.75 Å². The Hall–Kier alpha value is -1.40. The molecule has 0 aliphatic heterocycles. The molecule has 0 aromatic heterocycles. The normalized spacial score (nSPS) is 18.8. The fraction of sp³-hybridized carbons (Fsp3) is 0.533. The third-order valence-corrected chi connectivity index (χ3v) is 6.08. The van der Waals surface area contributed by atoms with Crippen LogP contribution in [0.2, 0.25) is 0 Å². The van der Waals surface area contributed by atoms with Crippen LogP contribution in [-0.4, -0.2) is 27.2 Å². The van der Waals surface area contributed by atoms with Crippen molar-refractivity contribution in [3.05, 3.63) is 24.3 Å². The van der Waals surface area contributed by atoms with Crippen molar-refractivity contribution in [2.75, 3.05) is 7.11 Å². The second-order valence-corrected chi connectivity index (χ2v) is 7.27. The van der Waals surface area contributed by atoms with Gasteiger partial charge in [0.05, 0.1) is 22.7 Å². The SMILES string of the molecule is COc1ccc(S(=O)C2(CC(=O)NO)CCCCC2)cc1. The van der Waals surface area contributed by atoms with Gasteiger partial charge in [0.25, 0.3) is 0 Å². The quantitative estimate of drug-likeness (QED) is 0.647. The van der Waals surface area contributed by atoms with Gasteiger partial charge in [-0.3, -0.25) is 14.2 Å². The van der Waals surface area contributed by atoms with Crippen molar-refractivity contribution in [3.63, 3.8) is 0 Å². The number of ether oxygens (including phenoxy) is 1. The predicted octanol–water partition coefficient (Wildman–Crippen LogP) is 2.40. The van der Waals surface area contributed by atoms with Gasteiger partial charge in [-0.25, -0.2) is 5.48 Å². The zero-order valence-electron chi connectivity index (χ0n) is 12.1. The lowest BCUT2D eigenvalue weighted by Gasteiger charge is -2.35. The van der Waals surface area contributed by atoms with Gasteiger partial charge in [0, 0.05) is 11.3 Å². The summed E-state index contributed by atoms with van der Waals surface area (Å²) in [5.74, 6) is 0.236. The van der Waals surface area contributed by atoms with Crippen molar-refractivity contribution in [1.29, 1.82) is 0 Å². The largest absolute Gasteiger partial charge is 0.497 e. The molecule has 1 aliphatic rings. The highest BCUT2D eigenvalue weighted by Crippen LogP contribution is 2.39. The van der Waals surface area contributed by atoms with Gasteiger partial charge >= 0.3 is 0 Å². The lowest BCUT2D eigenvalue weighted by atomic mass is 9.86. The molecule has 116 valence electrons. The van der Waals surface area contributed by atoms with Crippen molar-refractivity contribution in [2.45, 2.75) is 48.2 Å². The summed E-state index contributed by atoms with van der Waals surface area (Å²) in [7, 11) is 0.295. The number of amides is 1. The molecule has 6 heteroatoms. The average molecular weight is 311 g/mol. The molecule has 0 spiro atoms. The third kappa shape index (κ3) is 3.63. The molecule has 0 radical (unpaired) electrons. The molecule has 0 bridgehead atoms. The Morgan fingerprint density at radius 2 is 1.90 bits per heavy atom. The number of carbonyl (C=O) groups excluding carboxylic acids is 1. The minimum atomic E-state index is -1.29. The van der Waals surface area contributed by atoms with Crippen molar-refractivity contribution < 1.29 is 18.9 Å². The molecule has 1 aromatic rings. The first-order chi connectivity index (χ1) is 10.1. The Morgan fingerprint density at radius 3 is 2.43 bits per heavy atom. The van der Waals surface area contributed by atoms with Gasteiger partial charge in [-0.1, -0.05) is 19.3 Å². The van der Waals surface area contributed by atoms with E-state index in [1.807, 2.05) is 0 Å². The summed E-state index contributed by atoms with van der Waals surface area (Å²) in [6, 6.07) is 7.11. The zero-order chi connectivity index (χ0) is 15.3. The average Bonchev–Trinajstić information content (AvgIpc) is 2.55. The van der Waals surface area contributed by atoms with E-state index in [1.54, 1.807) is 36.9 Å². The summed E-state index contributed by atoms with van der Waals surface area (Å²) in [6.07, 6.45) is 4.57. The Bertz CT molecular complexity index is 509. The predicted molar refractivity (Wildman–Crippen MR) is 79.8 cm³/mol. The second-order valence-electron chi connectivity index (χ2n) is 5.40. The number of rotatable bonds is 5. The van der Waals surface area contributed by atoms with Crippen LogP contribution in [0.4, 0.5) is 0 Å². The Balaban J connectivity index is 2.26. The van der Waals surface area contributed by atoms with E-state index in [-0.39, 0.29) is 6.42 Å². The molecule has 1 atom stereocenters. The van der Waals surface area contributed by atoms with Crippen LogP contribution in [0.25, 0.3) is 0 Å². The van der Waals surface area contributed by atoms with Crippen molar-refractivity contribution in [2.24, 2.45) is 0 Å². The topological polar surface area (TPSA) is 75.6 Å². The van der Waals surface area contributed by atoms with E-state index in [2.05, 4.69) is 0 Å². The van der Waals surface area contributed by atoms with Crippen molar-refractivity contribution in [3.8, 4) is 5.75 Å². The zero-order valence-corrected chi connectivity index (χ0v) is 12.9. The molecule has 1 fully saturated rings. The van der Waals surface area contributed by atoms with E-state index in [0.717, 1.165) is 32.1 Å². The van der Waals surface area contributed by atoms with E-state index < -0.39 is 21.5 Å². The van der Waals surface area contributed by atoms with Gasteiger partial charge in [-0.05, 0) is 37.1 Å². The van der Waals surface area contributed by atoms with Gasteiger partial charge in [-0.2, -0.15) is 0 Å². The molecule has 0 saturated heterocycles. The highest BCUT2D eigenvalue weighted by molar-refractivity contribution is 7.86. The number of benzene rings is 1. The van der Waals surface area contributed by atoms with E-state index in [0.29, 0.717) is 10.6 Å². The van der Waals surface area contributed by atoms with Crippen LogP contribution in [0.15, 0.2) is 29.2 Å². The maximum absolute atomic E-state index is 13.0. The minimum absolute atomic E-state index is 0.0855. The number of methoxy groups -OCH3 is 1. The van der Waals surface area contributed by atoms with Crippen molar-refractivity contribution in [1.82, 2.24) is 5.48 Å². The standard InChI is InChI=1S/C15H21NO4S/c1-20-12-5-7-13(8-6-12)21(19)15(11-14(17)16-18)9-3-2-4-10-15/h5-8,18H,2-4,9-11H2,1H3,(H,16,17). The number of hydrogen-bond acceptors (Lipinski definition) is 4. The van der Waals surface area contributed by atoms with E-state index >= 15 is 0 Å². The highest BCUT2D eigenvalue weighted by atomic mass is 32.2. The molecule has 2 N–H and O–H groups in total. The Kier molecular flexibility index (Phi) is 5.36. The molecule has 1 amide bonds. The van der Waals surface area contributed by atoms with Crippen LogP contribution in [0.1, 0.15) is 38.5 Å². The summed E-state index contributed by atoms with van der Waals surface area (Å²) in [5, 5.41) is 8.79. The first-order valence-corrected chi connectivity index (χ1v) is 8.25. The van der Waals surface area contributed by atoms with Gasteiger partial charge < -0.3 is 4.74 Å². The summed E-state index contributed by atoms with van der Waals surface area (Å²) < 4.78 is 17.5. The highest BCUT2D eigenvalue weighted by Gasteiger charge is 2.40. The van der Waals surface area contributed by atoms with E-state index in [1.165, 1.54) is 0 Å². The molecular formula is C15H21NO4S. The number of carbonyl (C=O) groups is 1. The molecule has 1 aliphatic carbocycles. The smallest absolute Gasteiger partial charge is 0.244 e. The Labute approximate surface area is 127 Å². The maximum atomic E-state index is 13.0. The van der Waals surface area contributed by atoms with E-state index in [4.69, 9.17) is 9.94 Å². The fourth-order valence-corrected chi connectivity index (χ4v) is 4.71. The molecule has 0 heterocycles. The first-order valence-electron chi connectivity index (χ1n) is 7.10. The number of hydroxylamine groups is 1. The second kappa shape index (κ2) is 7.04. The van der Waals surface area contributed by atoms with Crippen LogP contribution in [-0.2, 0) is 15.6 Å². The van der Waals surface area contributed by atoms with Crippen molar-refractivity contribution >= 4 is 16.7 Å². The van der Waals surface area contributed by atoms with Crippen LogP contribution < -0.4 is 10.2 Å². The summed E-state index contributed by atoms with van der Waals surface area (Å²) >= 11 is 0. The first kappa shape index (κ1) is 16.0. The third-order valence-electron chi connectivity index (χ3n) is 4.04. The van der Waals surface area contributed by atoms with Crippen LogP contribution in [0, 0.1) is 0 Å². The molecule has 2 rings (SSSR count). The maximum Gasteiger partial charge on any atom is 0.244 e. The van der Waals surface area contributed by atoms with Gasteiger partial charge in [0.1, 0.15) is 5.75 Å². The molecule has 1 saturated carbocycles. The minimum Gasteiger partial charge on any atom is -0.497 e. The number of hydrogen-bond donors (Lipinski definition) is 2. The molecule has 5 nitrogen and oxygen atoms in total.